The van der Waals surface area contributed by atoms with E-state index in [1.165, 1.54) is 25.7 Å². The van der Waals surface area contributed by atoms with Crippen LogP contribution in [0.1, 0.15) is 66.2 Å². The van der Waals surface area contributed by atoms with Gasteiger partial charge in [0.25, 0.3) is 0 Å². The van der Waals surface area contributed by atoms with Gasteiger partial charge in [0.15, 0.2) is 0 Å². The molecule has 2 aliphatic rings. The number of hydrogen-bond acceptors (Lipinski definition) is 5. The molecule has 2 aliphatic carbocycles. The Hall–Kier alpha value is -1.62. The van der Waals surface area contributed by atoms with E-state index >= 15 is 0 Å². The molecule has 0 unspecified atom stereocenters. The summed E-state index contributed by atoms with van der Waals surface area (Å²) in [6, 6.07) is 0. The van der Waals surface area contributed by atoms with E-state index < -0.39 is 5.97 Å². The van der Waals surface area contributed by atoms with Crippen molar-refractivity contribution in [3.8, 4) is 0 Å². The van der Waals surface area contributed by atoms with Crippen LogP contribution >= 0.6 is 0 Å². The molecule has 0 saturated heterocycles. The minimum absolute atomic E-state index is 0.0195. The fourth-order valence-corrected chi connectivity index (χ4v) is 5.91. The van der Waals surface area contributed by atoms with Crippen LogP contribution < -0.4 is 0 Å². The van der Waals surface area contributed by atoms with Gasteiger partial charge in [-0.05, 0) is 66.8 Å². The molecule has 0 bridgehead atoms. The maximum atomic E-state index is 11.7. The van der Waals surface area contributed by atoms with Crippen LogP contribution in [0, 0.1) is 22.7 Å². The second-order valence-corrected chi connectivity index (χ2v) is 9.50. The van der Waals surface area contributed by atoms with Crippen molar-refractivity contribution in [2.75, 3.05) is 13.7 Å². The highest BCUT2D eigenvalue weighted by Crippen LogP contribution is 2.61. The van der Waals surface area contributed by atoms with Crippen LogP contribution in [-0.4, -0.2) is 36.9 Å². The van der Waals surface area contributed by atoms with Crippen molar-refractivity contribution in [2.45, 2.75) is 72.3 Å². The van der Waals surface area contributed by atoms with E-state index in [1.54, 1.807) is 0 Å². The average Bonchev–Trinajstić information content (AvgIpc) is 2.56. The molecule has 5 heteroatoms. The molecule has 0 aromatic carbocycles. The van der Waals surface area contributed by atoms with E-state index in [0.29, 0.717) is 12.3 Å². The van der Waals surface area contributed by atoms with Crippen LogP contribution in [0.3, 0.4) is 0 Å². The first-order valence-corrected chi connectivity index (χ1v) is 10.3. The maximum absolute atomic E-state index is 11.7. The molecule has 158 valence electrons. The summed E-state index contributed by atoms with van der Waals surface area (Å²) in [7, 11) is 1.34. The number of carbonyl (C=O) groups excluding carboxylic acids is 2. The lowest BCUT2D eigenvalue weighted by atomic mass is 9.46. The van der Waals surface area contributed by atoms with Gasteiger partial charge < -0.3 is 14.6 Å². The Kier molecular flexibility index (Phi) is 7.13. The van der Waals surface area contributed by atoms with Gasteiger partial charge in [-0.25, -0.2) is 4.79 Å². The number of aliphatic hydroxyl groups excluding tert-OH is 1. The number of rotatable bonds is 6. The van der Waals surface area contributed by atoms with Crippen molar-refractivity contribution in [1.82, 2.24) is 0 Å². The Morgan fingerprint density at radius 2 is 1.96 bits per heavy atom. The van der Waals surface area contributed by atoms with Crippen LogP contribution in [0.15, 0.2) is 23.8 Å². The van der Waals surface area contributed by atoms with Crippen molar-refractivity contribution in [3.63, 3.8) is 0 Å². The third-order valence-electron chi connectivity index (χ3n) is 6.96. The Balaban J connectivity index is 2.21. The highest BCUT2D eigenvalue weighted by molar-refractivity contribution is 5.82. The van der Waals surface area contributed by atoms with E-state index in [0.717, 1.165) is 37.7 Å². The van der Waals surface area contributed by atoms with Crippen molar-refractivity contribution in [2.24, 2.45) is 22.7 Å². The van der Waals surface area contributed by atoms with Crippen LogP contribution in [0.4, 0.5) is 0 Å². The Labute approximate surface area is 169 Å². The molecule has 0 aliphatic heterocycles. The van der Waals surface area contributed by atoms with Gasteiger partial charge in [-0.2, -0.15) is 0 Å². The largest absolute Gasteiger partial charge is 0.466 e. The summed E-state index contributed by atoms with van der Waals surface area (Å²) in [5.74, 6) is -0.0239. The number of fused-ring (bicyclic) bond motifs is 1. The van der Waals surface area contributed by atoms with Gasteiger partial charge >= 0.3 is 11.9 Å². The summed E-state index contributed by atoms with van der Waals surface area (Å²) >= 11 is 0. The molecular weight excluding hydrogens is 356 g/mol. The zero-order chi connectivity index (χ0) is 21.1. The van der Waals surface area contributed by atoms with Crippen LogP contribution in [0.5, 0.6) is 0 Å². The van der Waals surface area contributed by atoms with Gasteiger partial charge in [0, 0.05) is 13.0 Å². The third-order valence-corrected chi connectivity index (χ3v) is 6.96. The molecule has 0 aromatic heterocycles. The van der Waals surface area contributed by atoms with Gasteiger partial charge in [0.2, 0.25) is 0 Å². The molecule has 28 heavy (non-hydrogen) atoms. The van der Waals surface area contributed by atoms with Crippen molar-refractivity contribution >= 4 is 11.9 Å². The number of methoxy groups -OCH3 is 1. The fourth-order valence-electron chi connectivity index (χ4n) is 5.91. The molecule has 0 aromatic rings. The molecular formula is C23H36O5. The van der Waals surface area contributed by atoms with Crippen LogP contribution in [0.2, 0.25) is 0 Å². The monoisotopic (exact) mass is 392 g/mol. The lowest BCUT2D eigenvalue weighted by Gasteiger charge is -2.59. The summed E-state index contributed by atoms with van der Waals surface area (Å²) in [5.41, 5.74) is 2.05. The van der Waals surface area contributed by atoms with Crippen molar-refractivity contribution in [3.05, 3.63) is 23.8 Å². The smallest absolute Gasteiger partial charge is 0.330 e. The molecule has 5 nitrogen and oxygen atoms in total. The predicted molar refractivity (Wildman–Crippen MR) is 108 cm³/mol. The van der Waals surface area contributed by atoms with E-state index in [1.807, 2.05) is 0 Å². The predicted octanol–water partition coefficient (Wildman–Crippen LogP) is 4.20. The molecule has 1 N–H and O–H groups in total. The molecule has 2 rings (SSSR count). The second-order valence-electron chi connectivity index (χ2n) is 9.50. The summed E-state index contributed by atoms with van der Waals surface area (Å²) in [4.78, 5) is 22.9. The van der Waals surface area contributed by atoms with Crippen molar-refractivity contribution in [1.29, 1.82) is 0 Å². The number of ether oxygens (including phenoxy) is 2. The SMILES string of the molecule is C=C1CC[C@@H]2C(C)(C)C[C@@H](O)C[C@@]2(C)[C@@H]1CC/C(=C/C(=O)OC)COC(C)=O. The van der Waals surface area contributed by atoms with E-state index in [4.69, 9.17) is 9.47 Å². The number of aliphatic hydroxyl groups is 1. The highest BCUT2D eigenvalue weighted by Gasteiger charge is 2.54. The van der Waals surface area contributed by atoms with Crippen LogP contribution in [0.25, 0.3) is 0 Å². The minimum Gasteiger partial charge on any atom is -0.466 e. The first-order valence-electron chi connectivity index (χ1n) is 10.3. The van der Waals surface area contributed by atoms with E-state index in [-0.39, 0.29) is 35.4 Å². The second kappa shape index (κ2) is 8.81. The topological polar surface area (TPSA) is 72.8 Å². The van der Waals surface area contributed by atoms with Gasteiger partial charge in [-0.15, -0.1) is 0 Å². The first-order chi connectivity index (χ1) is 13.0. The quantitative estimate of drug-likeness (QED) is 0.417. The lowest BCUT2D eigenvalue weighted by Crippen LogP contribution is -2.53. The van der Waals surface area contributed by atoms with E-state index in [2.05, 4.69) is 27.4 Å². The van der Waals surface area contributed by atoms with E-state index in [9.17, 15) is 14.7 Å². The van der Waals surface area contributed by atoms with Gasteiger partial charge in [-0.3, -0.25) is 4.79 Å². The van der Waals surface area contributed by atoms with Gasteiger partial charge in [0.05, 0.1) is 13.2 Å². The van der Waals surface area contributed by atoms with Crippen molar-refractivity contribution < 1.29 is 24.2 Å². The number of hydrogen-bond donors (Lipinski definition) is 1. The fraction of sp³-hybridized carbons (Fsp3) is 0.739. The summed E-state index contributed by atoms with van der Waals surface area (Å²) in [5, 5.41) is 10.6. The normalized spacial score (nSPS) is 32.4. The number of allylic oxidation sites excluding steroid dienone is 1. The number of esters is 2. The molecule has 2 fully saturated rings. The average molecular weight is 393 g/mol. The van der Waals surface area contributed by atoms with Gasteiger partial charge in [0.1, 0.15) is 6.61 Å². The highest BCUT2D eigenvalue weighted by atomic mass is 16.5. The lowest BCUT2D eigenvalue weighted by molar-refractivity contribution is -0.140. The Morgan fingerprint density at radius 3 is 2.57 bits per heavy atom. The zero-order valence-electron chi connectivity index (χ0n) is 18.0. The first kappa shape index (κ1) is 22.7. The standard InChI is InChI=1S/C23H36O5/c1-15-7-10-20-22(3,4)12-18(25)13-23(20,5)19(15)9-8-17(11-21(26)27-6)14-28-16(2)24/h11,18-20,25H,1,7-10,12-14H2,2-6H3/b17-11-/t18-,19-,20-,23+/m1/s1. The molecule has 0 radical (unpaired) electrons. The van der Waals surface area contributed by atoms with Gasteiger partial charge in [-0.1, -0.05) is 32.9 Å². The minimum atomic E-state index is -0.442. The molecule has 2 saturated carbocycles. The van der Waals surface area contributed by atoms with Crippen LogP contribution in [-0.2, 0) is 19.1 Å². The Bertz CT molecular complexity index is 647. The molecule has 0 heterocycles. The number of carbonyl (C=O) groups is 2. The summed E-state index contributed by atoms with van der Waals surface area (Å²) < 4.78 is 9.86. The summed E-state index contributed by atoms with van der Waals surface area (Å²) in [6.07, 6.45) is 6.32. The molecule has 0 spiro atoms. The third kappa shape index (κ3) is 5.05. The molecule has 0 amide bonds. The maximum Gasteiger partial charge on any atom is 0.330 e. The summed E-state index contributed by atoms with van der Waals surface area (Å²) in [6.45, 7) is 12.6. The zero-order valence-corrected chi connectivity index (χ0v) is 18.0. The molecule has 4 atom stereocenters. The Morgan fingerprint density at radius 1 is 1.29 bits per heavy atom.